The standard InChI is InChI=1S/C21H15F3N6O2.CH3NO/c1-12-8-17(29-32-12)19-27-26-18-15-4-2-3-5-16(15)20(28-30(18)19)31-11-14-7-6-13(10-25-14)9-21(22,23)24;2-1-3/h2-8,10H,9,11H2,1H3;1H,(H2,2,3). The normalized spacial score (nSPS) is 11.3. The second kappa shape index (κ2) is 9.75. The molecule has 0 fully saturated rings. The zero-order valence-electron chi connectivity index (χ0n) is 18.2. The van der Waals surface area contributed by atoms with E-state index in [0.717, 1.165) is 5.39 Å². The first-order valence-corrected chi connectivity index (χ1v) is 10.2. The zero-order chi connectivity index (χ0) is 25.0. The smallest absolute Gasteiger partial charge is 0.393 e. The molecule has 4 aromatic heterocycles. The zero-order valence-corrected chi connectivity index (χ0v) is 18.2. The number of rotatable bonds is 5. The van der Waals surface area contributed by atoms with Gasteiger partial charge in [0.15, 0.2) is 11.3 Å². The van der Waals surface area contributed by atoms with Crippen molar-refractivity contribution in [1.29, 1.82) is 0 Å². The van der Waals surface area contributed by atoms with E-state index in [-0.39, 0.29) is 18.6 Å². The van der Waals surface area contributed by atoms with Gasteiger partial charge in [-0.2, -0.15) is 17.7 Å². The Bertz CT molecular complexity index is 1460. The third-order valence-electron chi connectivity index (χ3n) is 4.73. The van der Waals surface area contributed by atoms with Crippen LogP contribution in [0.25, 0.3) is 27.9 Å². The molecule has 0 saturated carbocycles. The van der Waals surface area contributed by atoms with Gasteiger partial charge in [-0.05, 0) is 24.6 Å². The van der Waals surface area contributed by atoms with Crippen LogP contribution in [0.4, 0.5) is 13.2 Å². The summed E-state index contributed by atoms with van der Waals surface area (Å²) in [5.41, 5.74) is 5.73. The molecule has 0 aliphatic heterocycles. The molecular weight excluding hydrogens is 467 g/mol. The van der Waals surface area contributed by atoms with Crippen LogP contribution in [0.15, 0.2) is 53.2 Å². The Hall–Kier alpha value is -4.55. The Balaban J connectivity index is 0.000000917. The summed E-state index contributed by atoms with van der Waals surface area (Å²) in [5, 5.41) is 18.4. The summed E-state index contributed by atoms with van der Waals surface area (Å²) >= 11 is 0. The molecule has 180 valence electrons. The van der Waals surface area contributed by atoms with Gasteiger partial charge in [0.05, 0.1) is 12.1 Å². The molecule has 1 amide bonds. The number of alkyl halides is 3. The van der Waals surface area contributed by atoms with Gasteiger partial charge in [-0.3, -0.25) is 9.78 Å². The Morgan fingerprint density at radius 1 is 1.14 bits per heavy atom. The van der Waals surface area contributed by atoms with E-state index in [2.05, 4.69) is 31.2 Å². The molecule has 0 aliphatic rings. The number of benzene rings is 1. The molecule has 0 aliphatic carbocycles. The van der Waals surface area contributed by atoms with Gasteiger partial charge in [0.2, 0.25) is 18.1 Å². The van der Waals surface area contributed by atoms with Crippen molar-refractivity contribution in [3.63, 3.8) is 0 Å². The molecule has 35 heavy (non-hydrogen) atoms. The Morgan fingerprint density at radius 3 is 2.51 bits per heavy atom. The predicted molar refractivity (Wildman–Crippen MR) is 117 cm³/mol. The monoisotopic (exact) mass is 485 g/mol. The van der Waals surface area contributed by atoms with Crippen LogP contribution in [0.3, 0.4) is 0 Å². The summed E-state index contributed by atoms with van der Waals surface area (Å²) in [4.78, 5) is 12.7. The second-order valence-electron chi connectivity index (χ2n) is 7.31. The van der Waals surface area contributed by atoms with E-state index >= 15 is 0 Å². The topological polar surface area (TPSA) is 134 Å². The van der Waals surface area contributed by atoms with Gasteiger partial charge in [-0.1, -0.05) is 29.4 Å². The molecule has 0 saturated heterocycles. The van der Waals surface area contributed by atoms with Crippen molar-refractivity contribution >= 4 is 22.8 Å². The Morgan fingerprint density at radius 2 is 1.89 bits per heavy atom. The number of fused-ring (bicyclic) bond motifs is 3. The van der Waals surface area contributed by atoms with Gasteiger partial charge in [0.1, 0.15) is 12.4 Å². The molecule has 5 rings (SSSR count). The number of hydrogen-bond acceptors (Lipinski definition) is 8. The Labute approximate surface area is 195 Å². The van der Waals surface area contributed by atoms with Gasteiger partial charge in [-0.25, -0.2) is 0 Å². The number of amides is 1. The van der Waals surface area contributed by atoms with Crippen molar-refractivity contribution in [3.05, 3.63) is 65.7 Å². The molecule has 4 heterocycles. The van der Waals surface area contributed by atoms with Crippen molar-refractivity contribution in [2.45, 2.75) is 26.1 Å². The lowest BCUT2D eigenvalue weighted by Crippen LogP contribution is -2.12. The van der Waals surface area contributed by atoms with E-state index in [9.17, 15) is 13.2 Å². The van der Waals surface area contributed by atoms with Crippen molar-refractivity contribution < 1.29 is 27.2 Å². The lowest BCUT2D eigenvalue weighted by Gasteiger charge is -2.10. The molecule has 0 atom stereocenters. The Kier molecular flexibility index (Phi) is 6.57. The van der Waals surface area contributed by atoms with Gasteiger partial charge in [-0.15, -0.1) is 15.3 Å². The van der Waals surface area contributed by atoms with Crippen molar-refractivity contribution in [3.8, 4) is 17.4 Å². The van der Waals surface area contributed by atoms with E-state index in [4.69, 9.17) is 14.1 Å². The molecule has 0 unspecified atom stereocenters. The minimum atomic E-state index is -4.28. The average molecular weight is 485 g/mol. The number of halogens is 3. The summed E-state index contributed by atoms with van der Waals surface area (Å²) in [5.74, 6) is 1.31. The van der Waals surface area contributed by atoms with Gasteiger partial charge in [0, 0.05) is 23.0 Å². The first kappa shape index (κ1) is 23.6. The minimum Gasteiger partial charge on any atom is -0.470 e. The molecule has 0 radical (unpaired) electrons. The molecule has 0 spiro atoms. The first-order chi connectivity index (χ1) is 16.8. The lowest BCUT2D eigenvalue weighted by atomic mass is 10.2. The van der Waals surface area contributed by atoms with Crippen molar-refractivity contribution in [1.82, 2.24) is 30.0 Å². The SMILES string of the molecule is Cc1cc(-c2nnc3c4ccccc4c(OCc4ccc(CC(F)(F)F)cn4)nn23)no1.NC=O. The maximum Gasteiger partial charge on any atom is 0.393 e. The third-order valence-corrected chi connectivity index (χ3v) is 4.73. The third kappa shape index (κ3) is 5.34. The van der Waals surface area contributed by atoms with E-state index in [1.807, 2.05) is 24.3 Å². The molecule has 10 nitrogen and oxygen atoms in total. The highest BCUT2D eigenvalue weighted by atomic mass is 19.4. The number of nitrogens with zero attached hydrogens (tertiary/aromatic N) is 6. The lowest BCUT2D eigenvalue weighted by molar-refractivity contribution is -0.127. The van der Waals surface area contributed by atoms with Crippen molar-refractivity contribution in [2.75, 3.05) is 0 Å². The number of ether oxygens (including phenoxy) is 1. The number of carbonyl (C=O) groups is 1. The maximum absolute atomic E-state index is 12.5. The van der Waals surface area contributed by atoms with E-state index in [0.29, 0.717) is 39.9 Å². The highest BCUT2D eigenvalue weighted by molar-refractivity contribution is 5.96. The van der Waals surface area contributed by atoms with Crippen LogP contribution in [-0.2, 0) is 17.8 Å². The quantitative estimate of drug-likeness (QED) is 0.374. The van der Waals surface area contributed by atoms with E-state index < -0.39 is 12.6 Å². The summed E-state index contributed by atoms with van der Waals surface area (Å²) in [6.45, 7) is 1.79. The number of aromatic nitrogens is 6. The number of primary amides is 1. The highest BCUT2D eigenvalue weighted by Gasteiger charge is 2.27. The largest absolute Gasteiger partial charge is 0.470 e. The number of pyridine rings is 1. The van der Waals surface area contributed by atoms with Crippen LogP contribution in [0.2, 0.25) is 0 Å². The van der Waals surface area contributed by atoms with E-state index in [1.54, 1.807) is 13.0 Å². The van der Waals surface area contributed by atoms with Crippen LogP contribution in [0.5, 0.6) is 5.88 Å². The number of nitrogens with two attached hydrogens (primary N) is 1. The van der Waals surface area contributed by atoms with Crippen LogP contribution in [0, 0.1) is 6.92 Å². The fourth-order valence-corrected chi connectivity index (χ4v) is 3.31. The first-order valence-electron chi connectivity index (χ1n) is 10.2. The van der Waals surface area contributed by atoms with E-state index in [1.165, 1.54) is 22.8 Å². The number of aryl methyl sites for hydroxylation is 1. The minimum absolute atomic E-state index is 0.0231. The summed E-state index contributed by atoms with van der Waals surface area (Å²) in [6.07, 6.45) is -3.86. The predicted octanol–water partition coefficient (Wildman–Crippen LogP) is 3.42. The summed E-state index contributed by atoms with van der Waals surface area (Å²) in [6, 6.07) is 12.0. The molecule has 5 aromatic rings. The highest BCUT2D eigenvalue weighted by Crippen LogP contribution is 2.29. The molecule has 0 bridgehead atoms. The molecule has 2 N–H and O–H groups in total. The summed E-state index contributed by atoms with van der Waals surface area (Å²) < 4.78 is 50.2. The van der Waals surface area contributed by atoms with Crippen LogP contribution < -0.4 is 10.5 Å². The second-order valence-corrected chi connectivity index (χ2v) is 7.31. The average Bonchev–Trinajstić information content (AvgIpc) is 3.44. The van der Waals surface area contributed by atoms with Crippen LogP contribution in [-0.4, -0.2) is 42.5 Å². The number of hydrogen-bond donors (Lipinski definition) is 1. The summed E-state index contributed by atoms with van der Waals surface area (Å²) in [7, 11) is 0. The van der Waals surface area contributed by atoms with Gasteiger partial charge < -0.3 is 15.0 Å². The fourth-order valence-electron chi connectivity index (χ4n) is 3.31. The fraction of sp³-hybridized carbons (Fsp3) is 0.182. The molecule has 13 heteroatoms. The van der Waals surface area contributed by atoms with Crippen LogP contribution in [0.1, 0.15) is 17.0 Å². The van der Waals surface area contributed by atoms with Gasteiger partial charge in [0.25, 0.3) is 0 Å². The maximum atomic E-state index is 12.5. The van der Waals surface area contributed by atoms with Crippen LogP contribution >= 0.6 is 0 Å². The van der Waals surface area contributed by atoms with Gasteiger partial charge >= 0.3 is 6.18 Å². The number of carbonyl (C=O) groups excluding carboxylic acids is 1. The molecular formula is C22H18F3N7O3. The molecule has 1 aromatic carbocycles. The van der Waals surface area contributed by atoms with Crippen molar-refractivity contribution in [2.24, 2.45) is 5.73 Å².